The number of fused-ring (bicyclic) bond motifs is 1. The molecule has 1 amide bonds. The number of carbonyl (C=O) groups is 1. The summed E-state index contributed by atoms with van der Waals surface area (Å²) in [6.07, 6.45) is 1.43. The number of para-hydroxylation sites is 1. The van der Waals surface area contributed by atoms with E-state index in [1.165, 1.54) is 18.0 Å². The van der Waals surface area contributed by atoms with Crippen LogP contribution in [0, 0.1) is 5.92 Å². The molecule has 146 valence electrons. The highest BCUT2D eigenvalue weighted by atomic mass is 16.5. The largest absolute Gasteiger partial charge is 0.497 e. The molecule has 1 atom stereocenters. The molecule has 0 bridgehead atoms. The molecular weight excluding hydrogens is 358 g/mol. The molecule has 0 unspecified atom stereocenters. The third-order valence-electron chi connectivity index (χ3n) is 4.56. The van der Waals surface area contributed by atoms with Crippen LogP contribution in [0.15, 0.2) is 53.6 Å². The first-order valence-electron chi connectivity index (χ1n) is 8.95. The highest BCUT2D eigenvalue weighted by molar-refractivity contribution is 5.95. The summed E-state index contributed by atoms with van der Waals surface area (Å²) in [4.78, 5) is 30.4. The first kappa shape index (κ1) is 19.4. The maximum atomic E-state index is 13.1. The number of benzene rings is 2. The second kappa shape index (κ2) is 8.12. The number of hydrogen-bond donors (Lipinski definition) is 1. The molecule has 0 aliphatic carbocycles. The molecule has 1 N–H and O–H groups in total. The van der Waals surface area contributed by atoms with E-state index in [-0.39, 0.29) is 17.4 Å². The van der Waals surface area contributed by atoms with Crippen molar-refractivity contribution >= 4 is 22.5 Å². The molecule has 0 fully saturated rings. The molecule has 3 rings (SSSR count). The molecular formula is C21H23N3O4. The lowest BCUT2D eigenvalue weighted by Crippen LogP contribution is -2.36. The fourth-order valence-corrected chi connectivity index (χ4v) is 3.14. The summed E-state index contributed by atoms with van der Waals surface area (Å²) >= 11 is 0. The number of hydrogen-bond acceptors (Lipinski definition) is 5. The predicted molar refractivity (Wildman–Crippen MR) is 108 cm³/mol. The van der Waals surface area contributed by atoms with Crippen LogP contribution in [0.4, 0.5) is 5.69 Å². The Hall–Kier alpha value is -3.35. The summed E-state index contributed by atoms with van der Waals surface area (Å²) in [6.45, 7) is 3.77. The SMILES string of the molecule is COc1ccc(NC(=O)[C@H](C(C)C)n2cnc3ccccc3c2=O)c(OC)c1. The molecule has 2 aromatic carbocycles. The third-order valence-corrected chi connectivity index (χ3v) is 4.56. The van der Waals surface area contributed by atoms with Gasteiger partial charge in [0, 0.05) is 6.07 Å². The van der Waals surface area contributed by atoms with Crippen LogP contribution in [0.5, 0.6) is 11.5 Å². The van der Waals surface area contributed by atoms with Crippen molar-refractivity contribution in [1.29, 1.82) is 0 Å². The number of nitrogens with one attached hydrogen (secondary N) is 1. The van der Waals surface area contributed by atoms with E-state index < -0.39 is 6.04 Å². The van der Waals surface area contributed by atoms with E-state index >= 15 is 0 Å². The highest BCUT2D eigenvalue weighted by Gasteiger charge is 2.26. The molecule has 28 heavy (non-hydrogen) atoms. The topological polar surface area (TPSA) is 82.5 Å². The highest BCUT2D eigenvalue weighted by Crippen LogP contribution is 2.30. The van der Waals surface area contributed by atoms with Gasteiger partial charge in [0.2, 0.25) is 5.91 Å². The summed E-state index contributed by atoms with van der Waals surface area (Å²) in [6, 6.07) is 11.5. The zero-order chi connectivity index (χ0) is 20.3. The molecule has 7 nitrogen and oxygen atoms in total. The van der Waals surface area contributed by atoms with E-state index in [2.05, 4.69) is 10.3 Å². The van der Waals surface area contributed by atoms with E-state index in [0.717, 1.165) is 0 Å². The molecule has 0 radical (unpaired) electrons. The van der Waals surface area contributed by atoms with Crippen LogP contribution in [0.3, 0.4) is 0 Å². The Morgan fingerprint density at radius 3 is 2.54 bits per heavy atom. The van der Waals surface area contributed by atoms with Gasteiger partial charge in [0.1, 0.15) is 17.5 Å². The van der Waals surface area contributed by atoms with E-state index in [1.807, 2.05) is 19.9 Å². The molecule has 0 spiro atoms. The zero-order valence-electron chi connectivity index (χ0n) is 16.3. The van der Waals surface area contributed by atoms with Crippen LogP contribution >= 0.6 is 0 Å². The zero-order valence-corrected chi connectivity index (χ0v) is 16.3. The normalized spacial score (nSPS) is 12.0. The van der Waals surface area contributed by atoms with Crippen molar-refractivity contribution in [1.82, 2.24) is 9.55 Å². The van der Waals surface area contributed by atoms with Gasteiger partial charge in [0.25, 0.3) is 5.56 Å². The molecule has 0 aliphatic rings. The first-order chi connectivity index (χ1) is 13.5. The lowest BCUT2D eigenvalue weighted by molar-refractivity contribution is -0.120. The van der Waals surface area contributed by atoms with Gasteiger partial charge in [0.05, 0.1) is 37.1 Å². The van der Waals surface area contributed by atoms with Gasteiger partial charge in [-0.3, -0.25) is 14.2 Å². The average Bonchev–Trinajstić information content (AvgIpc) is 2.70. The number of rotatable bonds is 6. The van der Waals surface area contributed by atoms with Crippen LogP contribution in [0.25, 0.3) is 10.9 Å². The van der Waals surface area contributed by atoms with Crippen molar-refractivity contribution < 1.29 is 14.3 Å². The van der Waals surface area contributed by atoms with E-state index in [1.54, 1.807) is 43.5 Å². The molecule has 0 saturated carbocycles. The molecule has 7 heteroatoms. The summed E-state index contributed by atoms with van der Waals surface area (Å²) in [5.41, 5.74) is 0.852. The number of nitrogens with zero attached hydrogens (tertiary/aromatic N) is 2. The van der Waals surface area contributed by atoms with Crippen LogP contribution in [0.1, 0.15) is 19.9 Å². The maximum absolute atomic E-state index is 13.1. The van der Waals surface area contributed by atoms with Crippen LogP contribution in [-0.4, -0.2) is 29.7 Å². The molecule has 0 saturated heterocycles. The molecule has 0 aliphatic heterocycles. The standard InChI is InChI=1S/C21H23N3O4/c1-13(2)19(24-12-22-16-8-6-5-7-15(16)21(24)26)20(25)23-17-10-9-14(27-3)11-18(17)28-4/h5-13,19H,1-4H3,(H,23,25)/t19-/m0/s1. The summed E-state index contributed by atoms with van der Waals surface area (Å²) < 4.78 is 11.9. The Labute approximate surface area is 162 Å². The second-order valence-electron chi connectivity index (χ2n) is 6.72. The van der Waals surface area contributed by atoms with Gasteiger partial charge in [-0.15, -0.1) is 0 Å². The van der Waals surface area contributed by atoms with Crippen molar-refractivity contribution in [3.05, 3.63) is 59.1 Å². The smallest absolute Gasteiger partial charge is 0.261 e. The second-order valence-corrected chi connectivity index (χ2v) is 6.72. The Balaban J connectivity index is 1.99. The average molecular weight is 381 g/mol. The minimum absolute atomic E-state index is 0.134. The Kier molecular flexibility index (Phi) is 5.63. The fraction of sp³-hybridized carbons (Fsp3) is 0.286. The number of aromatic nitrogens is 2. The van der Waals surface area contributed by atoms with Gasteiger partial charge < -0.3 is 14.8 Å². The Bertz CT molecular complexity index is 1060. The van der Waals surface area contributed by atoms with Gasteiger partial charge in [0.15, 0.2) is 0 Å². The minimum Gasteiger partial charge on any atom is -0.497 e. The van der Waals surface area contributed by atoms with Gasteiger partial charge >= 0.3 is 0 Å². The van der Waals surface area contributed by atoms with Gasteiger partial charge in [-0.05, 0) is 30.2 Å². The molecule has 3 aromatic rings. The van der Waals surface area contributed by atoms with Crippen molar-refractivity contribution in [2.75, 3.05) is 19.5 Å². The van der Waals surface area contributed by atoms with Crippen molar-refractivity contribution in [3.63, 3.8) is 0 Å². The first-order valence-corrected chi connectivity index (χ1v) is 8.95. The summed E-state index contributed by atoms with van der Waals surface area (Å²) in [7, 11) is 3.07. The summed E-state index contributed by atoms with van der Waals surface area (Å²) in [5, 5.41) is 3.34. The molecule has 1 aromatic heterocycles. The number of amides is 1. The number of anilines is 1. The third kappa shape index (κ3) is 3.69. The Morgan fingerprint density at radius 2 is 1.86 bits per heavy atom. The lowest BCUT2D eigenvalue weighted by Gasteiger charge is -2.23. The van der Waals surface area contributed by atoms with E-state index in [4.69, 9.17) is 9.47 Å². The van der Waals surface area contributed by atoms with Crippen molar-refractivity contribution in [3.8, 4) is 11.5 Å². The van der Waals surface area contributed by atoms with Crippen molar-refractivity contribution in [2.45, 2.75) is 19.9 Å². The van der Waals surface area contributed by atoms with E-state index in [0.29, 0.717) is 28.1 Å². The minimum atomic E-state index is -0.726. The fourth-order valence-electron chi connectivity index (χ4n) is 3.14. The van der Waals surface area contributed by atoms with Crippen LogP contribution < -0.4 is 20.3 Å². The monoisotopic (exact) mass is 381 g/mol. The van der Waals surface area contributed by atoms with Gasteiger partial charge in [-0.25, -0.2) is 4.98 Å². The van der Waals surface area contributed by atoms with Crippen LogP contribution in [0.2, 0.25) is 0 Å². The number of methoxy groups -OCH3 is 2. The van der Waals surface area contributed by atoms with Gasteiger partial charge in [-0.2, -0.15) is 0 Å². The van der Waals surface area contributed by atoms with Gasteiger partial charge in [-0.1, -0.05) is 26.0 Å². The quantitative estimate of drug-likeness (QED) is 0.709. The van der Waals surface area contributed by atoms with Crippen molar-refractivity contribution in [2.24, 2.45) is 5.92 Å². The molecule has 1 heterocycles. The lowest BCUT2D eigenvalue weighted by atomic mass is 10.0. The van der Waals surface area contributed by atoms with E-state index in [9.17, 15) is 9.59 Å². The Morgan fingerprint density at radius 1 is 1.11 bits per heavy atom. The maximum Gasteiger partial charge on any atom is 0.261 e. The van der Waals surface area contributed by atoms with Crippen LogP contribution in [-0.2, 0) is 4.79 Å². The number of ether oxygens (including phenoxy) is 2. The predicted octanol–water partition coefficient (Wildman–Crippen LogP) is 3.25. The summed E-state index contributed by atoms with van der Waals surface area (Å²) in [5.74, 6) is 0.631. The number of carbonyl (C=O) groups excluding carboxylic acids is 1.